The molecule has 0 amide bonds. The van der Waals surface area contributed by atoms with Gasteiger partial charge in [0.15, 0.2) is 0 Å². The van der Waals surface area contributed by atoms with Crippen LogP contribution < -0.4 is 0 Å². The van der Waals surface area contributed by atoms with Crippen LogP contribution in [-0.2, 0) is 4.74 Å². The van der Waals surface area contributed by atoms with Crippen molar-refractivity contribution >= 4 is 51.8 Å². The summed E-state index contributed by atoms with van der Waals surface area (Å²) in [5.41, 5.74) is 2.31. The van der Waals surface area contributed by atoms with Crippen LogP contribution >= 0.6 is 34.8 Å². The highest BCUT2D eigenvalue weighted by atomic mass is 35.5. The van der Waals surface area contributed by atoms with E-state index < -0.39 is 5.97 Å². The van der Waals surface area contributed by atoms with Crippen LogP contribution in [0.15, 0.2) is 30.3 Å². The molecule has 0 atom stereocenters. The average molecular weight is 356 g/mol. The van der Waals surface area contributed by atoms with Crippen molar-refractivity contribution < 1.29 is 9.53 Å². The first-order chi connectivity index (χ1) is 10.5. The molecular formula is C15H9Cl3N2O2. The molecule has 3 rings (SSSR count). The van der Waals surface area contributed by atoms with Crippen LogP contribution in [0.2, 0.25) is 15.1 Å². The number of aromatic nitrogens is 2. The van der Waals surface area contributed by atoms with Gasteiger partial charge in [-0.3, -0.25) is 0 Å². The van der Waals surface area contributed by atoms with Gasteiger partial charge >= 0.3 is 5.97 Å². The molecule has 0 aliphatic heterocycles. The van der Waals surface area contributed by atoms with Gasteiger partial charge in [0.2, 0.25) is 0 Å². The van der Waals surface area contributed by atoms with Gasteiger partial charge in [0.1, 0.15) is 11.3 Å². The van der Waals surface area contributed by atoms with Crippen molar-refractivity contribution in [1.82, 2.24) is 9.97 Å². The first-order valence-corrected chi connectivity index (χ1v) is 7.36. The Bertz CT molecular complexity index is 890. The molecule has 0 saturated heterocycles. The third-order valence-electron chi connectivity index (χ3n) is 3.15. The molecule has 4 nitrogen and oxygen atoms in total. The number of nitrogens with zero attached hydrogens (tertiary/aromatic N) is 1. The van der Waals surface area contributed by atoms with E-state index in [2.05, 4.69) is 9.97 Å². The Morgan fingerprint density at radius 1 is 1.09 bits per heavy atom. The van der Waals surface area contributed by atoms with E-state index in [1.807, 2.05) is 0 Å². The molecule has 0 unspecified atom stereocenters. The SMILES string of the molecule is COC(=O)c1cc(Cl)c2nc(-c3ccc(Cl)c(Cl)c3)[nH]c2c1. The number of aromatic amines is 1. The lowest BCUT2D eigenvalue weighted by Crippen LogP contribution is -2.00. The third kappa shape index (κ3) is 2.65. The molecular weight excluding hydrogens is 347 g/mol. The lowest BCUT2D eigenvalue weighted by Gasteiger charge is -2.00. The number of benzene rings is 2. The summed E-state index contributed by atoms with van der Waals surface area (Å²) in [6.45, 7) is 0. The van der Waals surface area contributed by atoms with E-state index in [1.54, 1.807) is 24.3 Å². The maximum atomic E-state index is 11.6. The van der Waals surface area contributed by atoms with Crippen LogP contribution in [0.4, 0.5) is 0 Å². The van der Waals surface area contributed by atoms with E-state index in [9.17, 15) is 4.79 Å². The van der Waals surface area contributed by atoms with Crippen molar-refractivity contribution in [2.24, 2.45) is 0 Å². The molecule has 1 heterocycles. The number of ether oxygens (including phenoxy) is 1. The topological polar surface area (TPSA) is 55.0 Å². The fourth-order valence-corrected chi connectivity index (χ4v) is 2.65. The number of carbonyl (C=O) groups is 1. The van der Waals surface area contributed by atoms with E-state index >= 15 is 0 Å². The van der Waals surface area contributed by atoms with Gasteiger partial charge in [0.05, 0.1) is 33.3 Å². The smallest absolute Gasteiger partial charge is 0.337 e. The third-order valence-corrected chi connectivity index (χ3v) is 4.18. The summed E-state index contributed by atoms with van der Waals surface area (Å²) in [5, 5.41) is 1.26. The van der Waals surface area contributed by atoms with E-state index in [1.165, 1.54) is 13.2 Å². The van der Waals surface area contributed by atoms with Crippen LogP contribution in [0.5, 0.6) is 0 Å². The Morgan fingerprint density at radius 2 is 1.86 bits per heavy atom. The predicted molar refractivity (Wildman–Crippen MR) is 87.9 cm³/mol. The summed E-state index contributed by atoms with van der Waals surface area (Å²) in [5.74, 6) is 0.118. The number of fused-ring (bicyclic) bond motifs is 1. The molecule has 3 aromatic rings. The van der Waals surface area contributed by atoms with E-state index in [0.29, 0.717) is 37.5 Å². The van der Waals surface area contributed by atoms with Gasteiger partial charge in [-0.1, -0.05) is 34.8 Å². The van der Waals surface area contributed by atoms with Crippen molar-refractivity contribution in [3.05, 3.63) is 51.0 Å². The number of halogens is 3. The zero-order valence-electron chi connectivity index (χ0n) is 11.3. The normalized spacial score (nSPS) is 10.9. The van der Waals surface area contributed by atoms with Crippen LogP contribution in [0, 0.1) is 0 Å². The summed E-state index contributed by atoms with van der Waals surface area (Å²) >= 11 is 18.1. The monoisotopic (exact) mass is 354 g/mol. The molecule has 0 aliphatic rings. The number of hydrogen-bond donors (Lipinski definition) is 1. The molecule has 0 bridgehead atoms. The quantitative estimate of drug-likeness (QED) is 0.660. The van der Waals surface area contributed by atoms with Gasteiger partial charge in [-0.2, -0.15) is 0 Å². The second kappa shape index (κ2) is 5.80. The Labute approximate surface area is 141 Å². The first-order valence-electron chi connectivity index (χ1n) is 6.22. The van der Waals surface area contributed by atoms with Crippen molar-refractivity contribution in [3.63, 3.8) is 0 Å². The average Bonchev–Trinajstić information content (AvgIpc) is 2.93. The summed E-state index contributed by atoms with van der Waals surface area (Å²) in [4.78, 5) is 19.2. The minimum Gasteiger partial charge on any atom is -0.465 e. The van der Waals surface area contributed by atoms with E-state index in [0.717, 1.165) is 5.56 Å². The molecule has 1 aromatic heterocycles. The number of H-pyrrole nitrogens is 1. The van der Waals surface area contributed by atoms with Gasteiger partial charge in [-0.05, 0) is 30.3 Å². The minimum absolute atomic E-state index is 0.351. The van der Waals surface area contributed by atoms with Crippen molar-refractivity contribution in [2.75, 3.05) is 7.11 Å². The highest BCUT2D eigenvalue weighted by molar-refractivity contribution is 6.42. The van der Waals surface area contributed by atoms with Crippen LogP contribution in [0.3, 0.4) is 0 Å². The van der Waals surface area contributed by atoms with Crippen molar-refractivity contribution in [3.8, 4) is 11.4 Å². The second-order valence-corrected chi connectivity index (χ2v) is 5.78. The maximum Gasteiger partial charge on any atom is 0.337 e. The number of esters is 1. The molecule has 0 aliphatic carbocycles. The number of imidazole rings is 1. The van der Waals surface area contributed by atoms with Crippen LogP contribution in [-0.4, -0.2) is 23.0 Å². The number of carbonyl (C=O) groups excluding carboxylic acids is 1. The molecule has 2 aromatic carbocycles. The number of rotatable bonds is 2. The molecule has 0 saturated carbocycles. The standard InChI is InChI=1S/C15H9Cl3N2O2/c1-22-15(21)8-5-11(18)13-12(6-8)19-14(20-13)7-2-3-9(16)10(17)4-7/h2-6H,1H3,(H,19,20). The largest absolute Gasteiger partial charge is 0.465 e. The number of hydrogen-bond acceptors (Lipinski definition) is 3. The highest BCUT2D eigenvalue weighted by Crippen LogP contribution is 2.30. The van der Waals surface area contributed by atoms with E-state index in [4.69, 9.17) is 39.5 Å². The Balaban J connectivity index is 2.15. The van der Waals surface area contributed by atoms with Crippen molar-refractivity contribution in [2.45, 2.75) is 0 Å². The fraction of sp³-hybridized carbons (Fsp3) is 0.0667. The van der Waals surface area contributed by atoms with Gasteiger partial charge in [-0.25, -0.2) is 9.78 Å². The number of methoxy groups -OCH3 is 1. The van der Waals surface area contributed by atoms with Gasteiger partial charge < -0.3 is 9.72 Å². The molecule has 22 heavy (non-hydrogen) atoms. The number of nitrogens with one attached hydrogen (secondary N) is 1. The minimum atomic E-state index is -0.463. The molecule has 0 fully saturated rings. The highest BCUT2D eigenvalue weighted by Gasteiger charge is 2.14. The lowest BCUT2D eigenvalue weighted by molar-refractivity contribution is 0.0601. The summed E-state index contributed by atoms with van der Waals surface area (Å²) in [7, 11) is 1.31. The maximum absolute atomic E-state index is 11.6. The zero-order valence-corrected chi connectivity index (χ0v) is 13.6. The van der Waals surface area contributed by atoms with Gasteiger partial charge in [-0.15, -0.1) is 0 Å². The van der Waals surface area contributed by atoms with Crippen LogP contribution in [0.25, 0.3) is 22.4 Å². The molecule has 7 heteroatoms. The van der Waals surface area contributed by atoms with Gasteiger partial charge in [0, 0.05) is 5.56 Å². The summed E-state index contributed by atoms with van der Waals surface area (Å²) < 4.78 is 4.70. The molecule has 0 radical (unpaired) electrons. The Morgan fingerprint density at radius 3 is 2.55 bits per heavy atom. The van der Waals surface area contributed by atoms with E-state index in [-0.39, 0.29) is 0 Å². The van der Waals surface area contributed by atoms with Crippen molar-refractivity contribution in [1.29, 1.82) is 0 Å². The second-order valence-electron chi connectivity index (χ2n) is 4.56. The molecule has 112 valence electrons. The first kappa shape index (κ1) is 15.2. The zero-order chi connectivity index (χ0) is 15.9. The lowest BCUT2D eigenvalue weighted by atomic mass is 10.2. The predicted octanol–water partition coefficient (Wildman–Crippen LogP) is 4.98. The fourth-order valence-electron chi connectivity index (χ4n) is 2.09. The van der Waals surface area contributed by atoms with Crippen LogP contribution in [0.1, 0.15) is 10.4 Å². The summed E-state index contributed by atoms with van der Waals surface area (Å²) in [6, 6.07) is 8.35. The van der Waals surface area contributed by atoms with Gasteiger partial charge in [0.25, 0.3) is 0 Å². The molecule has 0 spiro atoms. The Hall–Kier alpha value is -1.75. The molecule has 1 N–H and O–H groups in total. The Kier molecular flexibility index (Phi) is 4.00. The summed E-state index contributed by atoms with van der Waals surface area (Å²) in [6.07, 6.45) is 0.